The second-order valence-electron chi connectivity index (χ2n) is 6.46. The van der Waals surface area contributed by atoms with Gasteiger partial charge in [-0.2, -0.15) is 0 Å². The Kier molecular flexibility index (Phi) is 2.70. The van der Waals surface area contributed by atoms with Crippen LogP contribution in [0.5, 0.6) is 0 Å². The number of fused-ring (bicyclic) bond motifs is 2. The molecule has 106 valence electrons. The van der Waals surface area contributed by atoms with Gasteiger partial charge in [0.15, 0.2) is 0 Å². The van der Waals surface area contributed by atoms with Crippen molar-refractivity contribution < 1.29 is 0 Å². The van der Waals surface area contributed by atoms with E-state index in [2.05, 4.69) is 38.2 Å². The second-order valence-corrected chi connectivity index (χ2v) is 6.46. The zero-order chi connectivity index (χ0) is 13.6. The van der Waals surface area contributed by atoms with Crippen LogP contribution in [0, 0.1) is 11.3 Å². The first-order valence-electron chi connectivity index (χ1n) is 7.50. The first kappa shape index (κ1) is 12.1. The van der Waals surface area contributed by atoms with Gasteiger partial charge in [-0.25, -0.2) is 9.97 Å². The number of H-pyrrole nitrogens is 1. The molecule has 4 heterocycles. The van der Waals surface area contributed by atoms with Crippen molar-refractivity contribution in [1.82, 2.24) is 20.3 Å². The maximum absolute atomic E-state index is 4.55. The topological polar surface area (TPSA) is 56.8 Å². The van der Waals surface area contributed by atoms with Crippen molar-refractivity contribution in [2.75, 3.05) is 31.1 Å². The highest BCUT2D eigenvalue weighted by Gasteiger charge is 2.41. The third-order valence-corrected chi connectivity index (χ3v) is 5.12. The predicted molar refractivity (Wildman–Crippen MR) is 79.8 cm³/mol. The Morgan fingerprint density at radius 2 is 2.30 bits per heavy atom. The quantitative estimate of drug-likeness (QED) is 0.830. The molecule has 2 aliphatic heterocycles. The van der Waals surface area contributed by atoms with E-state index in [1.165, 1.54) is 19.4 Å². The molecule has 2 aliphatic rings. The molecule has 0 aliphatic carbocycles. The number of piperidine rings is 2. The molecule has 0 bridgehead atoms. The van der Waals surface area contributed by atoms with Gasteiger partial charge in [0.2, 0.25) is 0 Å². The van der Waals surface area contributed by atoms with Gasteiger partial charge in [0.1, 0.15) is 17.8 Å². The molecule has 4 rings (SSSR count). The van der Waals surface area contributed by atoms with Gasteiger partial charge < -0.3 is 15.2 Å². The van der Waals surface area contributed by atoms with E-state index in [0.29, 0.717) is 5.41 Å². The molecule has 0 spiro atoms. The summed E-state index contributed by atoms with van der Waals surface area (Å²) < 4.78 is 0. The van der Waals surface area contributed by atoms with Gasteiger partial charge in [-0.3, -0.25) is 0 Å². The summed E-state index contributed by atoms with van der Waals surface area (Å²) >= 11 is 0. The maximum atomic E-state index is 4.55. The summed E-state index contributed by atoms with van der Waals surface area (Å²) in [7, 11) is 0. The lowest BCUT2D eigenvalue weighted by Crippen LogP contribution is -2.55. The number of aromatic nitrogens is 3. The van der Waals surface area contributed by atoms with Crippen LogP contribution >= 0.6 is 0 Å². The van der Waals surface area contributed by atoms with Gasteiger partial charge in [-0.05, 0) is 31.4 Å². The average Bonchev–Trinajstić information content (AvgIpc) is 2.94. The third-order valence-electron chi connectivity index (χ3n) is 5.12. The molecule has 2 N–H and O–H groups in total. The summed E-state index contributed by atoms with van der Waals surface area (Å²) in [5.41, 5.74) is 1.30. The molecule has 2 aromatic heterocycles. The SMILES string of the molecule is CC12CNCCC1CCN(c1ncnc3[nH]ccc13)C2. The molecular weight excluding hydrogens is 250 g/mol. The number of anilines is 1. The molecule has 5 heteroatoms. The molecule has 20 heavy (non-hydrogen) atoms. The van der Waals surface area contributed by atoms with Crippen LogP contribution in [0.15, 0.2) is 18.6 Å². The maximum Gasteiger partial charge on any atom is 0.142 e. The van der Waals surface area contributed by atoms with Crippen molar-refractivity contribution in [3.63, 3.8) is 0 Å². The van der Waals surface area contributed by atoms with Crippen molar-refractivity contribution in [3.8, 4) is 0 Å². The summed E-state index contributed by atoms with van der Waals surface area (Å²) in [6.45, 7) is 6.91. The number of nitrogens with one attached hydrogen (secondary N) is 2. The smallest absolute Gasteiger partial charge is 0.142 e. The molecule has 2 saturated heterocycles. The Balaban J connectivity index is 1.68. The van der Waals surface area contributed by atoms with Gasteiger partial charge in [0, 0.05) is 31.2 Å². The molecule has 2 unspecified atom stereocenters. The lowest BCUT2D eigenvalue weighted by Gasteiger charge is -2.49. The van der Waals surface area contributed by atoms with E-state index < -0.39 is 0 Å². The highest BCUT2D eigenvalue weighted by Crippen LogP contribution is 2.40. The molecule has 2 aromatic rings. The predicted octanol–water partition coefficient (Wildman–Crippen LogP) is 1.78. The Bertz CT molecular complexity index is 622. The number of hydrogen-bond donors (Lipinski definition) is 2. The van der Waals surface area contributed by atoms with Crippen LogP contribution < -0.4 is 10.2 Å². The Labute approximate surface area is 118 Å². The second kappa shape index (κ2) is 4.45. The zero-order valence-corrected chi connectivity index (χ0v) is 11.9. The standard InChI is InChI=1S/C15H21N5/c1-15-8-16-5-2-11(15)4-7-20(9-15)14-12-3-6-17-13(12)18-10-19-14/h3,6,10-11,16H,2,4-5,7-9H2,1H3,(H,17,18,19). The summed E-state index contributed by atoms with van der Waals surface area (Å²) in [5, 5.41) is 4.70. The fraction of sp³-hybridized carbons (Fsp3) is 0.600. The minimum absolute atomic E-state index is 0.365. The van der Waals surface area contributed by atoms with Gasteiger partial charge in [-0.15, -0.1) is 0 Å². The first-order chi connectivity index (χ1) is 9.76. The van der Waals surface area contributed by atoms with Crippen molar-refractivity contribution in [2.24, 2.45) is 11.3 Å². The highest BCUT2D eigenvalue weighted by molar-refractivity contribution is 5.87. The Morgan fingerprint density at radius 1 is 1.35 bits per heavy atom. The monoisotopic (exact) mass is 271 g/mol. The minimum atomic E-state index is 0.365. The molecule has 0 amide bonds. The largest absolute Gasteiger partial charge is 0.355 e. The Morgan fingerprint density at radius 3 is 3.25 bits per heavy atom. The van der Waals surface area contributed by atoms with Crippen molar-refractivity contribution >= 4 is 16.9 Å². The van der Waals surface area contributed by atoms with E-state index in [1.807, 2.05) is 6.20 Å². The lowest BCUT2D eigenvalue weighted by molar-refractivity contribution is 0.109. The molecule has 2 fully saturated rings. The summed E-state index contributed by atoms with van der Waals surface area (Å²) in [5.74, 6) is 1.94. The fourth-order valence-corrected chi connectivity index (χ4v) is 3.94. The molecule has 0 aromatic carbocycles. The number of hydrogen-bond acceptors (Lipinski definition) is 4. The fourth-order valence-electron chi connectivity index (χ4n) is 3.94. The van der Waals surface area contributed by atoms with Crippen LogP contribution in [0.1, 0.15) is 19.8 Å². The van der Waals surface area contributed by atoms with E-state index in [9.17, 15) is 0 Å². The highest BCUT2D eigenvalue weighted by atomic mass is 15.2. The van der Waals surface area contributed by atoms with Crippen LogP contribution in [-0.2, 0) is 0 Å². The van der Waals surface area contributed by atoms with Crippen LogP contribution in [0.2, 0.25) is 0 Å². The van der Waals surface area contributed by atoms with Crippen molar-refractivity contribution in [2.45, 2.75) is 19.8 Å². The lowest BCUT2D eigenvalue weighted by atomic mass is 9.69. The number of nitrogens with zero attached hydrogens (tertiary/aromatic N) is 3. The number of aromatic amines is 1. The summed E-state index contributed by atoms with van der Waals surface area (Å²) in [4.78, 5) is 14.5. The molecule has 2 atom stereocenters. The van der Waals surface area contributed by atoms with Gasteiger partial charge in [-0.1, -0.05) is 6.92 Å². The van der Waals surface area contributed by atoms with Crippen LogP contribution in [0.25, 0.3) is 11.0 Å². The molecule has 0 radical (unpaired) electrons. The first-order valence-corrected chi connectivity index (χ1v) is 7.50. The third kappa shape index (κ3) is 1.80. The summed E-state index contributed by atoms with van der Waals surface area (Å²) in [6, 6.07) is 2.08. The Hall–Kier alpha value is -1.62. The zero-order valence-electron chi connectivity index (χ0n) is 11.9. The molecule has 0 saturated carbocycles. The van der Waals surface area contributed by atoms with E-state index >= 15 is 0 Å². The van der Waals surface area contributed by atoms with E-state index in [-0.39, 0.29) is 0 Å². The van der Waals surface area contributed by atoms with Gasteiger partial charge in [0.05, 0.1) is 5.39 Å². The average molecular weight is 271 g/mol. The van der Waals surface area contributed by atoms with Crippen molar-refractivity contribution in [3.05, 3.63) is 18.6 Å². The van der Waals surface area contributed by atoms with Gasteiger partial charge >= 0.3 is 0 Å². The molecule has 5 nitrogen and oxygen atoms in total. The minimum Gasteiger partial charge on any atom is -0.355 e. The summed E-state index contributed by atoms with van der Waals surface area (Å²) in [6.07, 6.45) is 6.20. The van der Waals surface area contributed by atoms with Crippen LogP contribution in [-0.4, -0.2) is 41.1 Å². The van der Waals surface area contributed by atoms with E-state index in [0.717, 1.165) is 42.4 Å². The van der Waals surface area contributed by atoms with Crippen LogP contribution in [0.3, 0.4) is 0 Å². The van der Waals surface area contributed by atoms with Crippen molar-refractivity contribution in [1.29, 1.82) is 0 Å². The van der Waals surface area contributed by atoms with Crippen LogP contribution in [0.4, 0.5) is 5.82 Å². The number of rotatable bonds is 1. The normalized spacial score (nSPS) is 30.4. The van der Waals surface area contributed by atoms with E-state index in [1.54, 1.807) is 6.33 Å². The van der Waals surface area contributed by atoms with Gasteiger partial charge in [0.25, 0.3) is 0 Å². The molecular formula is C15H21N5. The van der Waals surface area contributed by atoms with E-state index in [4.69, 9.17) is 0 Å².